The lowest BCUT2D eigenvalue weighted by atomic mass is 10.0. The van der Waals surface area contributed by atoms with Gasteiger partial charge in [-0.2, -0.15) is 18.3 Å². The van der Waals surface area contributed by atoms with Gasteiger partial charge in [-0.25, -0.2) is 9.07 Å². The number of thioether (sulfide) groups is 2. The van der Waals surface area contributed by atoms with Gasteiger partial charge in [0.25, 0.3) is 0 Å². The van der Waals surface area contributed by atoms with Crippen LogP contribution in [-0.2, 0) is 11.9 Å². The Labute approximate surface area is 155 Å². The van der Waals surface area contributed by atoms with Crippen molar-refractivity contribution in [3.05, 3.63) is 59.5 Å². The minimum absolute atomic E-state index is 0.0885. The molecule has 8 heteroatoms. The molecule has 0 atom stereocenters. The first-order valence-electron chi connectivity index (χ1n) is 7.64. The Morgan fingerprint density at radius 3 is 2.50 bits per heavy atom. The molecule has 0 N–H and O–H groups in total. The Morgan fingerprint density at radius 1 is 1.12 bits per heavy atom. The summed E-state index contributed by atoms with van der Waals surface area (Å²) in [5.74, 6) is -0.125. The van der Waals surface area contributed by atoms with Crippen molar-refractivity contribution in [2.45, 2.75) is 21.7 Å². The third-order valence-corrected chi connectivity index (χ3v) is 6.00. The van der Waals surface area contributed by atoms with Gasteiger partial charge in [0.05, 0.1) is 16.3 Å². The van der Waals surface area contributed by atoms with Crippen molar-refractivity contribution in [3.63, 3.8) is 0 Å². The fraction of sp³-hybridized carbons (Fsp3) is 0.167. The Hall–Kier alpha value is -1.93. The van der Waals surface area contributed by atoms with Gasteiger partial charge in [-0.1, -0.05) is 0 Å². The lowest BCUT2D eigenvalue weighted by Gasteiger charge is -2.18. The average molecular weight is 396 g/mol. The molecule has 26 heavy (non-hydrogen) atoms. The molecular weight excluding hydrogens is 384 g/mol. The molecule has 2 heterocycles. The normalized spacial score (nSPS) is 13.4. The van der Waals surface area contributed by atoms with Gasteiger partial charge < -0.3 is 0 Å². The molecule has 3 aromatic rings. The topological polar surface area (TPSA) is 17.8 Å². The van der Waals surface area contributed by atoms with E-state index in [4.69, 9.17) is 0 Å². The first-order chi connectivity index (χ1) is 12.4. The maximum Gasteiger partial charge on any atom is 0.436 e. The van der Waals surface area contributed by atoms with Crippen LogP contribution in [0, 0.1) is 5.82 Å². The molecule has 0 saturated carbocycles. The molecule has 0 unspecified atom stereocenters. The molecule has 0 bridgehead atoms. The van der Waals surface area contributed by atoms with Crippen LogP contribution in [0.5, 0.6) is 0 Å². The summed E-state index contributed by atoms with van der Waals surface area (Å²) >= 11 is 2.59. The number of halogens is 4. The van der Waals surface area contributed by atoms with Gasteiger partial charge in [0, 0.05) is 16.2 Å². The highest BCUT2D eigenvalue weighted by molar-refractivity contribution is 7.99. The molecule has 0 spiro atoms. The van der Waals surface area contributed by atoms with E-state index >= 15 is 0 Å². The fourth-order valence-corrected chi connectivity index (χ4v) is 4.51. The highest BCUT2D eigenvalue weighted by Crippen LogP contribution is 2.48. The predicted octanol–water partition coefficient (Wildman–Crippen LogP) is 6.02. The number of hydrogen-bond donors (Lipinski definition) is 0. The molecule has 2 nitrogen and oxygen atoms in total. The highest BCUT2D eigenvalue weighted by atomic mass is 32.2. The SMILES string of the molecule is CSc1ccc(-n2nc(C(F)(F)F)c3c2-c2ccc(F)cc2CS3)cc1. The Bertz CT molecular complexity index is 978. The lowest BCUT2D eigenvalue weighted by molar-refractivity contribution is -0.143. The van der Waals surface area contributed by atoms with Crippen molar-refractivity contribution in [2.24, 2.45) is 0 Å². The van der Waals surface area contributed by atoms with Gasteiger partial charge in [-0.3, -0.25) is 0 Å². The molecule has 0 aliphatic carbocycles. The molecule has 0 radical (unpaired) electrons. The zero-order valence-corrected chi connectivity index (χ0v) is 15.1. The van der Waals surface area contributed by atoms with Crippen LogP contribution in [0.3, 0.4) is 0 Å². The van der Waals surface area contributed by atoms with Gasteiger partial charge in [0.1, 0.15) is 5.82 Å². The number of benzene rings is 2. The van der Waals surface area contributed by atoms with E-state index < -0.39 is 17.7 Å². The van der Waals surface area contributed by atoms with Crippen LogP contribution < -0.4 is 0 Å². The van der Waals surface area contributed by atoms with Crippen LogP contribution in [-0.4, -0.2) is 16.0 Å². The summed E-state index contributed by atoms with van der Waals surface area (Å²) in [7, 11) is 0. The zero-order valence-electron chi connectivity index (χ0n) is 13.5. The van der Waals surface area contributed by atoms with Gasteiger partial charge in [0.15, 0.2) is 5.69 Å². The molecule has 2 aromatic carbocycles. The standard InChI is InChI=1S/C18H12F4N2S2/c1-25-13-5-3-12(4-6-13)24-15-14-7-2-11(19)8-10(14)9-26-16(15)17(23-24)18(20,21)22/h2-8H,9H2,1H3. The maximum absolute atomic E-state index is 13.6. The summed E-state index contributed by atoms with van der Waals surface area (Å²) in [4.78, 5) is 1.09. The zero-order chi connectivity index (χ0) is 18.5. The van der Waals surface area contributed by atoms with E-state index in [1.165, 1.54) is 22.9 Å². The third kappa shape index (κ3) is 2.91. The summed E-state index contributed by atoms with van der Waals surface area (Å²) in [6.07, 6.45) is -2.63. The monoisotopic (exact) mass is 396 g/mol. The summed E-state index contributed by atoms with van der Waals surface area (Å²) in [6.45, 7) is 0. The van der Waals surface area contributed by atoms with E-state index in [9.17, 15) is 17.6 Å². The first-order valence-corrected chi connectivity index (χ1v) is 9.86. The van der Waals surface area contributed by atoms with Gasteiger partial charge in [0.2, 0.25) is 0 Å². The second-order valence-corrected chi connectivity index (χ2v) is 7.59. The van der Waals surface area contributed by atoms with E-state index in [0.717, 1.165) is 16.7 Å². The van der Waals surface area contributed by atoms with Crippen molar-refractivity contribution in [3.8, 4) is 16.9 Å². The summed E-state index contributed by atoms with van der Waals surface area (Å²) < 4.78 is 55.4. The van der Waals surface area contributed by atoms with Gasteiger partial charge in [-0.05, 0) is 54.3 Å². The molecule has 134 valence electrons. The summed E-state index contributed by atoms with van der Waals surface area (Å²) in [6, 6.07) is 11.3. The van der Waals surface area contributed by atoms with E-state index in [2.05, 4.69) is 5.10 Å². The number of alkyl halides is 3. The summed E-state index contributed by atoms with van der Waals surface area (Å²) in [5, 5.41) is 3.88. The fourth-order valence-electron chi connectivity index (χ4n) is 2.94. The Morgan fingerprint density at radius 2 is 1.85 bits per heavy atom. The van der Waals surface area contributed by atoms with Gasteiger partial charge >= 0.3 is 6.18 Å². The maximum atomic E-state index is 13.6. The number of aromatic nitrogens is 2. The van der Waals surface area contributed by atoms with Crippen molar-refractivity contribution >= 4 is 23.5 Å². The lowest BCUT2D eigenvalue weighted by Crippen LogP contribution is -2.08. The molecule has 1 aromatic heterocycles. The molecular formula is C18H12F4N2S2. The van der Waals surface area contributed by atoms with Crippen molar-refractivity contribution in [1.82, 2.24) is 9.78 Å². The van der Waals surface area contributed by atoms with Crippen LogP contribution in [0.1, 0.15) is 11.3 Å². The Kier molecular flexibility index (Phi) is 4.27. The van der Waals surface area contributed by atoms with Crippen LogP contribution in [0.4, 0.5) is 17.6 Å². The van der Waals surface area contributed by atoms with E-state index in [1.54, 1.807) is 23.9 Å². The highest BCUT2D eigenvalue weighted by Gasteiger charge is 2.41. The van der Waals surface area contributed by atoms with Gasteiger partial charge in [-0.15, -0.1) is 23.5 Å². The third-order valence-electron chi connectivity index (χ3n) is 4.12. The largest absolute Gasteiger partial charge is 0.436 e. The van der Waals surface area contributed by atoms with Crippen molar-refractivity contribution in [1.29, 1.82) is 0 Å². The van der Waals surface area contributed by atoms with Crippen molar-refractivity contribution in [2.75, 3.05) is 6.26 Å². The minimum atomic E-state index is -4.56. The van der Waals surface area contributed by atoms with E-state index in [1.807, 2.05) is 18.4 Å². The van der Waals surface area contributed by atoms with E-state index in [-0.39, 0.29) is 10.6 Å². The molecule has 0 amide bonds. The molecule has 0 saturated heterocycles. The molecule has 1 aliphatic heterocycles. The number of fused-ring (bicyclic) bond motifs is 3. The minimum Gasteiger partial charge on any atom is -0.231 e. The van der Waals surface area contributed by atoms with Crippen molar-refractivity contribution < 1.29 is 17.6 Å². The molecule has 0 fully saturated rings. The second kappa shape index (κ2) is 6.35. The van der Waals surface area contributed by atoms with E-state index in [0.29, 0.717) is 22.5 Å². The second-order valence-electron chi connectivity index (χ2n) is 5.72. The quantitative estimate of drug-likeness (QED) is 0.389. The number of nitrogens with zero attached hydrogens (tertiary/aromatic N) is 2. The van der Waals surface area contributed by atoms with Crippen LogP contribution in [0.2, 0.25) is 0 Å². The predicted molar refractivity (Wildman–Crippen MR) is 95.3 cm³/mol. The van der Waals surface area contributed by atoms with Crippen LogP contribution >= 0.6 is 23.5 Å². The molecule has 1 aliphatic rings. The Balaban J connectivity index is 1.97. The number of hydrogen-bond acceptors (Lipinski definition) is 3. The average Bonchev–Trinajstić information content (AvgIpc) is 3.02. The first kappa shape index (κ1) is 17.5. The van der Waals surface area contributed by atoms with Crippen LogP contribution in [0.25, 0.3) is 16.9 Å². The number of rotatable bonds is 2. The van der Waals surface area contributed by atoms with Crippen LogP contribution in [0.15, 0.2) is 52.3 Å². The smallest absolute Gasteiger partial charge is 0.231 e. The summed E-state index contributed by atoms with van der Waals surface area (Å²) in [5.41, 5.74) is 1.24. The molecule has 4 rings (SSSR count).